The predicted octanol–water partition coefficient (Wildman–Crippen LogP) is 0.172. The molecule has 1 rings (SSSR count). The molecule has 14 heavy (non-hydrogen) atoms. The number of rotatable bonds is 5. The van der Waals surface area contributed by atoms with Crippen molar-refractivity contribution in [1.29, 1.82) is 0 Å². The second-order valence-corrected chi connectivity index (χ2v) is 3.58. The van der Waals surface area contributed by atoms with Crippen molar-refractivity contribution >= 4 is 5.97 Å². The first-order valence-corrected chi connectivity index (χ1v) is 5.17. The molecule has 0 radical (unpaired) electrons. The molecule has 0 amide bonds. The quantitative estimate of drug-likeness (QED) is 0.490. The lowest BCUT2D eigenvalue weighted by Crippen LogP contribution is -2.33. The molecule has 0 aromatic heterocycles. The van der Waals surface area contributed by atoms with Gasteiger partial charge in [-0.1, -0.05) is 12.5 Å². The number of hydrazine groups is 1. The minimum Gasteiger partial charge on any atom is -0.356 e. The van der Waals surface area contributed by atoms with Crippen molar-refractivity contribution in [1.82, 2.24) is 10.5 Å². The van der Waals surface area contributed by atoms with E-state index in [0.717, 1.165) is 19.5 Å². The highest BCUT2D eigenvalue weighted by molar-refractivity contribution is 5.69. The van der Waals surface area contributed by atoms with Crippen LogP contribution in [0.1, 0.15) is 32.6 Å². The zero-order valence-corrected chi connectivity index (χ0v) is 8.66. The molecule has 0 aromatic rings. The molecule has 0 aromatic carbocycles. The molecule has 1 unspecified atom stereocenters. The lowest BCUT2D eigenvalue weighted by atomic mass is 10.2. The molecule has 82 valence electrons. The number of likely N-dealkylation sites (tertiary alicyclic amines) is 1. The molecule has 1 atom stereocenters. The summed E-state index contributed by atoms with van der Waals surface area (Å²) in [7, 11) is 0. The monoisotopic (exact) mass is 201 g/mol. The number of carbonyl (C=O) groups excluding carboxylic acids is 1. The van der Waals surface area contributed by atoms with Gasteiger partial charge in [-0.15, -0.1) is 0 Å². The summed E-state index contributed by atoms with van der Waals surface area (Å²) in [6.07, 6.45) is 4.05. The second kappa shape index (κ2) is 5.95. The van der Waals surface area contributed by atoms with Crippen LogP contribution in [0.4, 0.5) is 0 Å². The molecule has 1 heterocycles. The molecule has 0 bridgehead atoms. The van der Waals surface area contributed by atoms with Crippen molar-refractivity contribution in [3.05, 3.63) is 0 Å². The highest BCUT2D eigenvalue weighted by atomic mass is 16.7. The highest BCUT2D eigenvalue weighted by Gasteiger charge is 2.22. The topological polar surface area (TPSA) is 67.6 Å². The van der Waals surface area contributed by atoms with Gasteiger partial charge in [-0.25, -0.2) is 5.84 Å². The van der Waals surface area contributed by atoms with E-state index < -0.39 is 0 Å². The van der Waals surface area contributed by atoms with E-state index in [1.165, 1.54) is 12.8 Å². The van der Waals surface area contributed by atoms with Crippen LogP contribution in [-0.4, -0.2) is 30.0 Å². The van der Waals surface area contributed by atoms with Crippen molar-refractivity contribution in [2.75, 3.05) is 13.1 Å². The van der Waals surface area contributed by atoms with Crippen LogP contribution in [0.5, 0.6) is 0 Å². The normalized spacial score (nSPS) is 22.6. The maximum atomic E-state index is 11.0. The summed E-state index contributed by atoms with van der Waals surface area (Å²) in [6.45, 7) is 4.06. The van der Waals surface area contributed by atoms with Gasteiger partial charge in [0.1, 0.15) is 0 Å². The molecule has 0 aliphatic carbocycles. The Hall–Kier alpha value is -0.650. The van der Waals surface area contributed by atoms with Crippen LogP contribution in [0.3, 0.4) is 0 Å². The molecule has 1 fully saturated rings. The van der Waals surface area contributed by atoms with Crippen LogP contribution in [-0.2, 0) is 9.63 Å². The van der Waals surface area contributed by atoms with Gasteiger partial charge >= 0.3 is 5.97 Å². The van der Waals surface area contributed by atoms with Gasteiger partial charge in [0.15, 0.2) is 0 Å². The van der Waals surface area contributed by atoms with Crippen LogP contribution in [0.25, 0.3) is 0 Å². The molecule has 1 aliphatic heterocycles. The summed E-state index contributed by atoms with van der Waals surface area (Å²) in [5.41, 5.74) is 1.90. The molecule has 5 nitrogen and oxygen atoms in total. The van der Waals surface area contributed by atoms with Crippen LogP contribution in [0.15, 0.2) is 0 Å². The smallest absolute Gasteiger partial charge is 0.327 e. The van der Waals surface area contributed by atoms with E-state index in [1.54, 1.807) is 0 Å². The van der Waals surface area contributed by atoms with Gasteiger partial charge in [0, 0.05) is 12.6 Å². The number of hydrogen-bond acceptors (Lipinski definition) is 5. The zero-order chi connectivity index (χ0) is 10.4. The van der Waals surface area contributed by atoms with Crippen molar-refractivity contribution in [3.63, 3.8) is 0 Å². The number of hydrogen-bond donors (Lipinski definition) is 2. The molecular weight excluding hydrogens is 182 g/mol. The fourth-order valence-electron chi connectivity index (χ4n) is 2.00. The van der Waals surface area contributed by atoms with E-state index >= 15 is 0 Å². The van der Waals surface area contributed by atoms with E-state index in [1.807, 2.05) is 5.59 Å². The highest BCUT2D eigenvalue weighted by Crippen LogP contribution is 2.19. The van der Waals surface area contributed by atoms with Crippen LogP contribution < -0.4 is 11.4 Å². The summed E-state index contributed by atoms with van der Waals surface area (Å²) in [6, 6.07) is 0.647. The maximum absolute atomic E-state index is 11.0. The molecule has 5 heteroatoms. The predicted molar refractivity (Wildman–Crippen MR) is 52.9 cm³/mol. The van der Waals surface area contributed by atoms with Crippen LogP contribution >= 0.6 is 0 Å². The molecule has 0 saturated carbocycles. The maximum Gasteiger partial charge on any atom is 0.327 e. The summed E-state index contributed by atoms with van der Waals surface area (Å²) < 4.78 is 0. The number of nitrogens with one attached hydrogen (secondary N) is 1. The van der Waals surface area contributed by atoms with Crippen molar-refractivity contribution in [2.24, 2.45) is 5.84 Å². The number of nitrogens with two attached hydrogens (primary N) is 1. The Morgan fingerprint density at radius 1 is 1.71 bits per heavy atom. The van der Waals surface area contributed by atoms with E-state index in [0.29, 0.717) is 12.5 Å². The third-order valence-electron chi connectivity index (χ3n) is 2.75. The Morgan fingerprint density at radius 2 is 2.50 bits per heavy atom. The fourth-order valence-corrected chi connectivity index (χ4v) is 2.00. The Morgan fingerprint density at radius 3 is 3.14 bits per heavy atom. The van der Waals surface area contributed by atoms with Gasteiger partial charge in [0.05, 0.1) is 6.42 Å². The van der Waals surface area contributed by atoms with Crippen molar-refractivity contribution < 1.29 is 9.63 Å². The van der Waals surface area contributed by atoms with Crippen molar-refractivity contribution in [3.8, 4) is 0 Å². The zero-order valence-electron chi connectivity index (χ0n) is 8.66. The van der Waals surface area contributed by atoms with Gasteiger partial charge in [-0.05, 0) is 25.8 Å². The minimum atomic E-state index is -0.297. The lowest BCUT2D eigenvalue weighted by Gasteiger charge is -2.22. The Balaban J connectivity index is 2.20. The first-order chi connectivity index (χ1) is 6.77. The summed E-state index contributed by atoms with van der Waals surface area (Å²) in [4.78, 5) is 17.8. The SMILES string of the molecule is CCC1CCCN1CCC(=O)ONN. The molecule has 3 N–H and O–H groups in total. The Bertz CT molecular complexity index is 187. The fraction of sp³-hybridized carbons (Fsp3) is 0.889. The van der Waals surface area contributed by atoms with Crippen molar-refractivity contribution in [2.45, 2.75) is 38.6 Å². The standard InChI is InChI=1S/C9H19N3O2/c1-2-8-4-3-6-12(8)7-5-9(13)14-11-10/h8,11H,2-7,10H2,1H3. The Kier molecular flexibility index (Phi) is 4.86. The molecular formula is C9H19N3O2. The third-order valence-corrected chi connectivity index (χ3v) is 2.75. The van der Waals surface area contributed by atoms with E-state index in [4.69, 9.17) is 5.84 Å². The van der Waals surface area contributed by atoms with Gasteiger partial charge < -0.3 is 4.84 Å². The molecule has 1 saturated heterocycles. The summed E-state index contributed by atoms with van der Waals surface area (Å²) in [5, 5.41) is 0. The Labute approximate surface area is 84.5 Å². The third kappa shape index (κ3) is 3.25. The number of carbonyl (C=O) groups is 1. The first-order valence-electron chi connectivity index (χ1n) is 5.17. The molecule has 1 aliphatic rings. The van der Waals surface area contributed by atoms with Gasteiger partial charge in [0.25, 0.3) is 0 Å². The van der Waals surface area contributed by atoms with E-state index in [9.17, 15) is 4.79 Å². The summed E-state index contributed by atoms with van der Waals surface area (Å²) in [5.74, 6) is 4.56. The lowest BCUT2D eigenvalue weighted by molar-refractivity contribution is -0.151. The van der Waals surface area contributed by atoms with E-state index in [2.05, 4.69) is 16.7 Å². The average molecular weight is 201 g/mol. The summed E-state index contributed by atoms with van der Waals surface area (Å²) >= 11 is 0. The minimum absolute atomic E-state index is 0.297. The first kappa shape index (κ1) is 11.4. The van der Waals surface area contributed by atoms with Gasteiger partial charge in [0.2, 0.25) is 0 Å². The largest absolute Gasteiger partial charge is 0.356 e. The van der Waals surface area contributed by atoms with Crippen LogP contribution in [0, 0.1) is 0 Å². The van der Waals surface area contributed by atoms with Crippen LogP contribution in [0.2, 0.25) is 0 Å². The van der Waals surface area contributed by atoms with Gasteiger partial charge in [-0.3, -0.25) is 9.69 Å². The number of nitrogens with zero attached hydrogens (tertiary/aromatic N) is 1. The average Bonchev–Trinajstić information content (AvgIpc) is 2.62. The van der Waals surface area contributed by atoms with E-state index in [-0.39, 0.29) is 5.97 Å². The van der Waals surface area contributed by atoms with Gasteiger partial charge in [-0.2, -0.15) is 0 Å². The second-order valence-electron chi connectivity index (χ2n) is 3.58. The molecule has 0 spiro atoms.